The molecule has 0 aliphatic rings. The number of ether oxygens (including phenoxy) is 1. The Bertz CT molecular complexity index is 925. The summed E-state index contributed by atoms with van der Waals surface area (Å²) >= 11 is 1.38. The number of benzene rings is 2. The second-order valence-corrected chi connectivity index (χ2v) is 6.91. The van der Waals surface area contributed by atoms with Crippen LogP contribution in [0.4, 0.5) is 4.39 Å². The fourth-order valence-corrected chi connectivity index (χ4v) is 3.54. The number of rotatable bonds is 8. The molecule has 5 nitrogen and oxygen atoms in total. The second-order valence-electron chi connectivity index (χ2n) is 5.85. The first-order chi connectivity index (χ1) is 13.1. The largest absolute Gasteiger partial charge is 0.494 e. The number of aromatic nitrogens is 3. The van der Waals surface area contributed by atoms with Crippen LogP contribution in [0.1, 0.15) is 20.3 Å². The van der Waals surface area contributed by atoms with Crippen molar-refractivity contribution in [1.82, 2.24) is 14.8 Å². The highest BCUT2D eigenvalue weighted by Crippen LogP contribution is 2.30. The maximum absolute atomic E-state index is 14.5. The molecule has 0 saturated carbocycles. The predicted octanol–water partition coefficient (Wildman–Crippen LogP) is 4.54. The van der Waals surface area contributed by atoms with Crippen LogP contribution in [0.5, 0.6) is 5.75 Å². The summed E-state index contributed by atoms with van der Waals surface area (Å²) in [6, 6.07) is 13.9. The molecule has 2 aromatic carbocycles. The number of halogens is 1. The Morgan fingerprint density at radius 3 is 2.56 bits per heavy atom. The fraction of sp³-hybridized carbons (Fsp3) is 0.250. The molecule has 0 amide bonds. The van der Waals surface area contributed by atoms with Crippen molar-refractivity contribution < 1.29 is 13.9 Å². The lowest BCUT2D eigenvalue weighted by molar-refractivity contribution is -0.116. The summed E-state index contributed by atoms with van der Waals surface area (Å²) in [4.78, 5) is 11.2. The molecule has 3 rings (SSSR count). The molecule has 140 valence electrons. The lowest BCUT2D eigenvalue weighted by Gasteiger charge is -2.11. The molecule has 1 aromatic heterocycles. The number of carbonyl (C=O) groups excluding carboxylic acids is 1. The van der Waals surface area contributed by atoms with Crippen molar-refractivity contribution in [2.45, 2.75) is 25.4 Å². The molecule has 0 aliphatic carbocycles. The molecule has 7 heteroatoms. The molecule has 0 unspecified atom stereocenters. The molecule has 1 heterocycles. The monoisotopic (exact) mass is 385 g/mol. The van der Waals surface area contributed by atoms with E-state index in [1.165, 1.54) is 17.8 Å². The number of hydrogen-bond donors (Lipinski definition) is 0. The highest BCUT2D eigenvalue weighted by Gasteiger charge is 2.18. The molecule has 0 saturated heterocycles. The highest BCUT2D eigenvalue weighted by molar-refractivity contribution is 7.99. The molecule has 0 bridgehead atoms. The van der Waals surface area contributed by atoms with E-state index in [-0.39, 0.29) is 11.6 Å². The number of nitrogens with zero attached hydrogens (tertiary/aromatic N) is 3. The first kappa shape index (κ1) is 19.1. The minimum Gasteiger partial charge on any atom is -0.494 e. The van der Waals surface area contributed by atoms with Gasteiger partial charge in [0.2, 0.25) is 0 Å². The summed E-state index contributed by atoms with van der Waals surface area (Å²) in [7, 11) is 0. The SMILES string of the molecule is CCOc1ccc(-c2nnc(SCCC(C)=O)n2-c2ccccc2F)cc1. The Hall–Kier alpha value is -2.67. The lowest BCUT2D eigenvalue weighted by atomic mass is 10.2. The Kier molecular flexibility index (Phi) is 6.24. The summed E-state index contributed by atoms with van der Waals surface area (Å²) in [6.07, 6.45) is 0.424. The van der Waals surface area contributed by atoms with Crippen LogP contribution >= 0.6 is 11.8 Å². The fourth-order valence-electron chi connectivity index (χ4n) is 2.55. The van der Waals surface area contributed by atoms with Crippen molar-refractivity contribution in [1.29, 1.82) is 0 Å². The van der Waals surface area contributed by atoms with Gasteiger partial charge in [-0.3, -0.25) is 9.36 Å². The van der Waals surface area contributed by atoms with Gasteiger partial charge in [-0.15, -0.1) is 10.2 Å². The van der Waals surface area contributed by atoms with Gasteiger partial charge in [-0.25, -0.2) is 4.39 Å². The van der Waals surface area contributed by atoms with Gasteiger partial charge in [0.15, 0.2) is 11.0 Å². The Morgan fingerprint density at radius 1 is 1.15 bits per heavy atom. The maximum atomic E-state index is 14.5. The first-order valence-corrected chi connectivity index (χ1v) is 9.64. The predicted molar refractivity (Wildman–Crippen MR) is 104 cm³/mol. The Balaban J connectivity index is 2.01. The van der Waals surface area contributed by atoms with Crippen LogP contribution in [0.2, 0.25) is 0 Å². The zero-order valence-corrected chi connectivity index (χ0v) is 16.0. The standard InChI is InChI=1S/C20H20FN3O2S/c1-3-26-16-10-8-15(9-11-16)19-22-23-20(27-13-12-14(2)25)24(19)18-7-5-4-6-17(18)21/h4-11H,3,12-13H2,1-2H3. The second kappa shape index (κ2) is 8.81. The number of para-hydroxylation sites is 1. The van der Waals surface area contributed by atoms with E-state index in [1.54, 1.807) is 29.7 Å². The summed E-state index contributed by atoms with van der Waals surface area (Å²) in [5.74, 6) is 1.59. The number of Topliss-reactive ketones (excluding diaryl/α,β-unsaturated/α-hetero) is 1. The molecule has 0 N–H and O–H groups in total. The van der Waals surface area contributed by atoms with E-state index in [4.69, 9.17) is 4.74 Å². The minimum atomic E-state index is -0.363. The van der Waals surface area contributed by atoms with Crippen LogP contribution in [0.15, 0.2) is 53.7 Å². The average molecular weight is 385 g/mol. The number of carbonyl (C=O) groups is 1. The molecule has 0 radical (unpaired) electrons. The minimum absolute atomic E-state index is 0.103. The third kappa shape index (κ3) is 4.54. The van der Waals surface area contributed by atoms with Gasteiger partial charge in [-0.05, 0) is 50.2 Å². The number of thioether (sulfide) groups is 1. The molecular weight excluding hydrogens is 365 g/mol. The Morgan fingerprint density at radius 2 is 1.89 bits per heavy atom. The van der Waals surface area contributed by atoms with Gasteiger partial charge < -0.3 is 4.74 Å². The topological polar surface area (TPSA) is 57.0 Å². The normalized spacial score (nSPS) is 10.8. The van der Waals surface area contributed by atoms with Crippen LogP contribution in [0.3, 0.4) is 0 Å². The summed E-state index contributed by atoms with van der Waals surface area (Å²) in [5, 5.41) is 9.06. The third-order valence-corrected chi connectivity index (χ3v) is 4.77. The van der Waals surface area contributed by atoms with Crippen molar-refractivity contribution >= 4 is 17.5 Å². The third-order valence-electron chi connectivity index (χ3n) is 3.84. The van der Waals surface area contributed by atoms with Gasteiger partial charge in [-0.2, -0.15) is 0 Å². The van der Waals surface area contributed by atoms with E-state index in [0.717, 1.165) is 11.3 Å². The summed E-state index contributed by atoms with van der Waals surface area (Å²) < 4.78 is 21.6. The van der Waals surface area contributed by atoms with Crippen molar-refractivity contribution in [3.05, 3.63) is 54.3 Å². The first-order valence-electron chi connectivity index (χ1n) is 8.66. The van der Waals surface area contributed by atoms with Gasteiger partial charge in [0.25, 0.3) is 0 Å². The van der Waals surface area contributed by atoms with Gasteiger partial charge in [0.05, 0.1) is 12.3 Å². The molecule has 0 atom stereocenters. The molecule has 0 spiro atoms. The van der Waals surface area contributed by atoms with Crippen LogP contribution in [-0.2, 0) is 4.79 Å². The van der Waals surface area contributed by atoms with Gasteiger partial charge >= 0.3 is 0 Å². The van der Waals surface area contributed by atoms with Crippen LogP contribution in [-0.4, -0.2) is 32.9 Å². The quantitative estimate of drug-likeness (QED) is 0.533. The van der Waals surface area contributed by atoms with E-state index < -0.39 is 0 Å². The summed E-state index contributed by atoms with van der Waals surface area (Å²) in [6.45, 7) is 4.06. The average Bonchev–Trinajstić information content (AvgIpc) is 3.06. The van der Waals surface area contributed by atoms with Crippen LogP contribution in [0.25, 0.3) is 17.1 Å². The van der Waals surface area contributed by atoms with Crippen molar-refractivity contribution in [2.24, 2.45) is 0 Å². The lowest BCUT2D eigenvalue weighted by Crippen LogP contribution is -2.03. The van der Waals surface area contributed by atoms with Gasteiger partial charge in [-0.1, -0.05) is 23.9 Å². The molecule has 0 fully saturated rings. The summed E-state index contributed by atoms with van der Waals surface area (Å²) in [5.41, 5.74) is 1.17. The van der Waals surface area contributed by atoms with Crippen LogP contribution < -0.4 is 4.74 Å². The van der Waals surface area contributed by atoms with Crippen molar-refractivity contribution in [3.8, 4) is 22.8 Å². The van der Waals surface area contributed by atoms with Crippen molar-refractivity contribution in [2.75, 3.05) is 12.4 Å². The van der Waals surface area contributed by atoms with E-state index in [2.05, 4.69) is 10.2 Å². The van der Waals surface area contributed by atoms with E-state index >= 15 is 0 Å². The molecule has 27 heavy (non-hydrogen) atoms. The van der Waals surface area contributed by atoms with Gasteiger partial charge in [0.1, 0.15) is 17.3 Å². The van der Waals surface area contributed by atoms with E-state index in [9.17, 15) is 9.18 Å². The van der Waals surface area contributed by atoms with Crippen molar-refractivity contribution in [3.63, 3.8) is 0 Å². The smallest absolute Gasteiger partial charge is 0.196 e. The maximum Gasteiger partial charge on any atom is 0.196 e. The van der Waals surface area contributed by atoms with E-state index in [1.807, 2.05) is 31.2 Å². The molecule has 0 aliphatic heterocycles. The highest BCUT2D eigenvalue weighted by atomic mass is 32.2. The number of hydrogen-bond acceptors (Lipinski definition) is 5. The number of ketones is 1. The molecule has 3 aromatic rings. The zero-order chi connectivity index (χ0) is 19.2. The zero-order valence-electron chi connectivity index (χ0n) is 15.2. The molecular formula is C20H20FN3O2S. The Labute approximate surface area is 161 Å². The van der Waals surface area contributed by atoms with Crippen LogP contribution in [0, 0.1) is 5.82 Å². The van der Waals surface area contributed by atoms with E-state index in [0.29, 0.717) is 35.4 Å². The van der Waals surface area contributed by atoms with Gasteiger partial charge in [0, 0.05) is 17.7 Å².